The molecule has 0 amide bonds. The van der Waals surface area contributed by atoms with Crippen LogP contribution >= 0.6 is 7.82 Å². The van der Waals surface area contributed by atoms with Crippen LogP contribution < -0.4 is 0 Å². The number of rotatable bonds is 3. The second-order valence-electron chi connectivity index (χ2n) is 0.995. The molecule has 0 rings (SSSR count). The molecule has 0 bridgehead atoms. The molecule has 0 aliphatic rings. The average Bonchev–Trinajstić information content (AvgIpc) is 1.89. The minimum Gasteiger partial charge on any atom is -0.318 e. The summed E-state index contributed by atoms with van der Waals surface area (Å²) >= 11 is 0. The van der Waals surface area contributed by atoms with E-state index in [1.165, 1.54) is 0 Å². The van der Waals surface area contributed by atoms with Gasteiger partial charge in [-0.15, -0.1) is 10.5 Å². The van der Waals surface area contributed by atoms with Crippen molar-refractivity contribution in [3.8, 4) is 12.5 Å². The van der Waals surface area contributed by atoms with Crippen LogP contribution in [0.25, 0.3) is 0 Å². The first-order valence-corrected chi connectivity index (χ1v) is 3.45. The third-order valence-corrected chi connectivity index (χ3v) is 1.59. The van der Waals surface area contributed by atoms with E-state index >= 15 is 0 Å². The van der Waals surface area contributed by atoms with Crippen LogP contribution in [0.2, 0.25) is 0 Å². The van der Waals surface area contributed by atoms with Crippen LogP contribution in [-0.2, 0) is 18.1 Å². The molecule has 0 saturated heterocycles. The van der Waals surface area contributed by atoms with Gasteiger partial charge < -0.3 is 9.05 Å². The molecule has 0 saturated carbocycles. The second-order valence-corrected chi connectivity index (χ2v) is 2.62. The molecule has 0 heterocycles. The first kappa shape index (κ1) is 8.77. The largest absolute Gasteiger partial charge is 0.607 e. The SMILES string of the molecule is COP(=O)(OC#N)OC#N. The molecule has 54 valence electrons. The zero-order valence-corrected chi connectivity index (χ0v) is 5.87. The summed E-state index contributed by atoms with van der Waals surface area (Å²) in [6.07, 6.45) is 2.16. The van der Waals surface area contributed by atoms with Crippen molar-refractivity contribution in [2.24, 2.45) is 0 Å². The van der Waals surface area contributed by atoms with Gasteiger partial charge in [-0.3, -0.25) is 4.52 Å². The van der Waals surface area contributed by atoms with Gasteiger partial charge >= 0.3 is 7.82 Å². The first-order chi connectivity index (χ1) is 4.68. The predicted octanol–water partition coefficient (Wildman–Crippen LogP) is 0.736. The highest BCUT2D eigenvalue weighted by Gasteiger charge is 2.27. The molecular weight excluding hydrogens is 159 g/mol. The quantitative estimate of drug-likeness (QED) is 0.448. The van der Waals surface area contributed by atoms with Gasteiger partial charge in [-0.1, -0.05) is 0 Å². The Balaban J connectivity index is 4.16. The number of phosphoric ester groups is 1. The zero-order valence-electron chi connectivity index (χ0n) is 4.97. The highest BCUT2D eigenvalue weighted by Crippen LogP contribution is 2.47. The molecule has 0 aromatic heterocycles. The van der Waals surface area contributed by atoms with E-state index in [0.29, 0.717) is 0 Å². The Morgan fingerprint density at radius 2 is 1.70 bits per heavy atom. The maximum Gasteiger partial charge on any atom is 0.607 e. The van der Waals surface area contributed by atoms with Crippen molar-refractivity contribution < 1.29 is 18.1 Å². The van der Waals surface area contributed by atoms with Gasteiger partial charge in [-0.2, -0.15) is 0 Å². The Hall–Kier alpha value is -1.23. The Morgan fingerprint density at radius 1 is 1.30 bits per heavy atom. The van der Waals surface area contributed by atoms with Crippen LogP contribution in [-0.4, -0.2) is 7.11 Å². The monoisotopic (exact) mass is 162 g/mol. The van der Waals surface area contributed by atoms with Crippen molar-refractivity contribution in [2.75, 3.05) is 7.11 Å². The minimum atomic E-state index is -3.92. The van der Waals surface area contributed by atoms with E-state index in [4.69, 9.17) is 10.5 Å². The number of hydrogen-bond donors (Lipinski definition) is 0. The van der Waals surface area contributed by atoms with Crippen LogP contribution in [0.1, 0.15) is 0 Å². The molecule has 0 atom stereocenters. The van der Waals surface area contributed by atoms with Crippen molar-refractivity contribution in [2.45, 2.75) is 0 Å². The lowest BCUT2D eigenvalue weighted by molar-refractivity contribution is 0.223. The smallest absolute Gasteiger partial charge is 0.318 e. The van der Waals surface area contributed by atoms with E-state index < -0.39 is 7.82 Å². The number of nitrogens with zero attached hydrogens (tertiary/aromatic N) is 2. The number of hydrogen-bond acceptors (Lipinski definition) is 6. The molecule has 0 aromatic carbocycles. The van der Waals surface area contributed by atoms with Crippen molar-refractivity contribution >= 4 is 7.82 Å². The summed E-state index contributed by atoms with van der Waals surface area (Å²) in [5.41, 5.74) is 0. The van der Waals surface area contributed by atoms with E-state index in [1.54, 1.807) is 0 Å². The fourth-order valence-corrected chi connectivity index (χ4v) is 0.580. The molecule has 7 heteroatoms. The third-order valence-electron chi connectivity index (χ3n) is 0.529. The third kappa shape index (κ3) is 2.36. The molecule has 6 nitrogen and oxygen atoms in total. The highest BCUT2D eigenvalue weighted by molar-refractivity contribution is 7.48. The van der Waals surface area contributed by atoms with Crippen LogP contribution in [0.5, 0.6) is 0 Å². The van der Waals surface area contributed by atoms with Gasteiger partial charge in [0.15, 0.2) is 0 Å². The van der Waals surface area contributed by atoms with Crippen LogP contribution in [0.15, 0.2) is 0 Å². The lowest BCUT2D eigenvalue weighted by Crippen LogP contribution is -1.88. The van der Waals surface area contributed by atoms with Crippen LogP contribution in [0.3, 0.4) is 0 Å². The lowest BCUT2D eigenvalue weighted by atomic mass is 11.6. The van der Waals surface area contributed by atoms with E-state index in [9.17, 15) is 4.57 Å². The van der Waals surface area contributed by atoms with E-state index in [1.807, 2.05) is 0 Å². The highest BCUT2D eigenvalue weighted by atomic mass is 31.2. The average molecular weight is 162 g/mol. The van der Waals surface area contributed by atoms with E-state index in [0.717, 1.165) is 19.6 Å². The summed E-state index contributed by atoms with van der Waals surface area (Å²) in [6, 6.07) is 0. The lowest BCUT2D eigenvalue weighted by Gasteiger charge is -2.04. The molecule has 0 spiro atoms. The van der Waals surface area contributed by atoms with Crippen molar-refractivity contribution in [1.82, 2.24) is 0 Å². The molecule has 0 fully saturated rings. The van der Waals surface area contributed by atoms with Gasteiger partial charge in [0.25, 0.3) is 12.5 Å². The predicted molar refractivity (Wildman–Crippen MR) is 28.0 cm³/mol. The molecule has 0 aliphatic carbocycles. The summed E-state index contributed by atoms with van der Waals surface area (Å²) in [6.45, 7) is 0. The Kier molecular flexibility index (Phi) is 3.27. The minimum absolute atomic E-state index is 0.995. The summed E-state index contributed by atoms with van der Waals surface area (Å²) in [5.74, 6) is 0. The Morgan fingerprint density at radius 3 is 1.90 bits per heavy atom. The van der Waals surface area contributed by atoms with Crippen molar-refractivity contribution in [3.05, 3.63) is 0 Å². The van der Waals surface area contributed by atoms with Crippen molar-refractivity contribution in [3.63, 3.8) is 0 Å². The summed E-state index contributed by atoms with van der Waals surface area (Å²) < 4.78 is 22.4. The topological polar surface area (TPSA) is 92.3 Å². The molecule has 0 unspecified atom stereocenters. The summed E-state index contributed by atoms with van der Waals surface area (Å²) in [7, 11) is -2.93. The van der Waals surface area contributed by atoms with Gasteiger partial charge in [0.05, 0.1) is 0 Å². The fourth-order valence-electron chi connectivity index (χ4n) is 0.193. The van der Waals surface area contributed by atoms with Gasteiger partial charge in [-0.25, -0.2) is 4.57 Å². The zero-order chi connectivity index (χ0) is 8.04. The van der Waals surface area contributed by atoms with Gasteiger partial charge in [0.1, 0.15) is 0 Å². The first-order valence-electron chi connectivity index (χ1n) is 1.99. The molecule has 0 N–H and O–H groups in total. The summed E-state index contributed by atoms with van der Waals surface area (Å²) in [5, 5.41) is 15.7. The Labute approximate surface area is 57.1 Å². The maximum atomic E-state index is 10.7. The second kappa shape index (κ2) is 3.73. The standard InChI is InChI=1S/C3H3N2O4P/c1-7-10(6,8-2-4)9-3-5/h1H3. The number of nitriles is 2. The van der Waals surface area contributed by atoms with Gasteiger partial charge in [0.2, 0.25) is 0 Å². The van der Waals surface area contributed by atoms with E-state index in [-0.39, 0.29) is 0 Å². The van der Waals surface area contributed by atoms with Gasteiger partial charge in [-0.05, 0) is 0 Å². The molecular formula is C3H3N2O4P. The van der Waals surface area contributed by atoms with Crippen LogP contribution in [0, 0.1) is 23.0 Å². The molecule has 0 aliphatic heterocycles. The maximum absolute atomic E-state index is 10.7. The van der Waals surface area contributed by atoms with Crippen LogP contribution in [0.4, 0.5) is 0 Å². The molecule has 10 heavy (non-hydrogen) atoms. The normalized spacial score (nSPS) is 9.10. The summed E-state index contributed by atoms with van der Waals surface area (Å²) in [4.78, 5) is 0. The van der Waals surface area contributed by atoms with E-state index in [2.05, 4.69) is 13.6 Å². The molecule has 0 radical (unpaired) electrons. The molecule has 0 aromatic rings. The Bertz CT molecular complexity index is 206. The van der Waals surface area contributed by atoms with Gasteiger partial charge in [0, 0.05) is 7.11 Å². The van der Waals surface area contributed by atoms with Crippen molar-refractivity contribution in [1.29, 1.82) is 10.5 Å². The number of phosphoric acid groups is 1. The fraction of sp³-hybridized carbons (Fsp3) is 0.333.